The van der Waals surface area contributed by atoms with Crippen molar-refractivity contribution in [2.24, 2.45) is 0 Å². The van der Waals surface area contributed by atoms with Crippen LogP contribution in [0.15, 0.2) is 186 Å². The quantitative estimate of drug-likeness (QED) is 0.165. The van der Waals surface area contributed by atoms with Gasteiger partial charge < -0.3 is 14.1 Å². The van der Waals surface area contributed by atoms with Crippen LogP contribution in [0.5, 0.6) is 5.75 Å². The van der Waals surface area contributed by atoms with Gasteiger partial charge in [-0.05, 0) is 94.8 Å². The normalized spacial score (nSPS) is 17.4. The summed E-state index contributed by atoms with van der Waals surface area (Å²) in [6.07, 6.45) is 14.2. The van der Waals surface area contributed by atoms with Gasteiger partial charge in [0, 0.05) is 39.2 Å². The number of para-hydroxylation sites is 2. The third kappa shape index (κ3) is 5.33. The van der Waals surface area contributed by atoms with Crippen LogP contribution < -0.4 is 9.64 Å². The molecule has 8 aromatic rings. The Labute approximate surface area is 321 Å². The average Bonchev–Trinajstić information content (AvgIpc) is 3.83. The lowest BCUT2D eigenvalue weighted by Crippen LogP contribution is -2.30. The minimum Gasteiger partial charge on any atom is -0.485 e. The lowest BCUT2D eigenvalue weighted by Gasteiger charge is -2.36. The van der Waals surface area contributed by atoms with Gasteiger partial charge in [0.05, 0.1) is 11.6 Å². The Morgan fingerprint density at radius 2 is 1.47 bits per heavy atom. The predicted octanol–water partition coefficient (Wildman–Crippen LogP) is 13.2. The lowest BCUT2D eigenvalue weighted by molar-refractivity contribution is 0.261. The molecule has 3 unspecified atom stereocenters. The van der Waals surface area contributed by atoms with E-state index in [0.717, 1.165) is 52.6 Å². The summed E-state index contributed by atoms with van der Waals surface area (Å²) in [6.45, 7) is 0. The van der Waals surface area contributed by atoms with Crippen LogP contribution >= 0.6 is 0 Å². The van der Waals surface area contributed by atoms with Crippen molar-refractivity contribution in [2.45, 2.75) is 37.2 Å². The largest absolute Gasteiger partial charge is 0.485 e. The van der Waals surface area contributed by atoms with Crippen molar-refractivity contribution in [3.05, 3.63) is 215 Å². The molecule has 2 heterocycles. The van der Waals surface area contributed by atoms with Gasteiger partial charge in [0.1, 0.15) is 23.0 Å². The topological polar surface area (TPSA) is 25.6 Å². The first-order valence-electron chi connectivity index (χ1n) is 19.5. The van der Waals surface area contributed by atoms with Crippen molar-refractivity contribution in [3.63, 3.8) is 0 Å². The third-order valence-corrected chi connectivity index (χ3v) is 11.9. The molecule has 0 spiro atoms. The van der Waals surface area contributed by atoms with Crippen molar-refractivity contribution in [1.29, 1.82) is 0 Å². The summed E-state index contributed by atoms with van der Waals surface area (Å²) in [5, 5.41) is 4.78. The molecule has 0 amide bonds. The number of ether oxygens (including phenoxy) is 1. The molecule has 3 heteroatoms. The summed E-state index contributed by atoms with van der Waals surface area (Å²) in [4.78, 5) is 2.54. The molecule has 3 atom stereocenters. The Morgan fingerprint density at radius 1 is 0.691 bits per heavy atom. The highest BCUT2D eigenvalue weighted by atomic mass is 16.5. The van der Waals surface area contributed by atoms with Crippen molar-refractivity contribution in [1.82, 2.24) is 0 Å². The van der Waals surface area contributed by atoms with Gasteiger partial charge in [0.25, 0.3) is 0 Å². The first-order chi connectivity index (χ1) is 27.3. The smallest absolute Gasteiger partial charge is 0.135 e. The molecule has 11 rings (SSSR count). The zero-order valence-electron chi connectivity index (χ0n) is 30.4. The molecule has 0 fully saturated rings. The van der Waals surface area contributed by atoms with Crippen molar-refractivity contribution < 1.29 is 9.15 Å². The monoisotopic (exact) mass is 709 g/mol. The molecule has 55 heavy (non-hydrogen) atoms. The minimum absolute atomic E-state index is 0.00820. The number of fused-ring (bicyclic) bond motifs is 9. The minimum atomic E-state index is -0.138. The Bertz CT molecular complexity index is 2840. The highest BCUT2D eigenvalue weighted by Gasteiger charge is 2.42. The van der Waals surface area contributed by atoms with Gasteiger partial charge in [-0.15, -0.1) is 0 Å². The van der Waals surface area contributed by atoms with Crippen LogP contribution in [0, 0.1) is 0 Å². The van der Waals surface area contributed by atoms with Crippen molar-refractivity contribution >= 4 is 50.2 Å². The van der Waals surface area contributed by atoms with Crippen molar-refractivity contribution in [2.75, 3.05) is 4.90 Å². The van der Waals surface area contributed by atoms with E-state index in [2.05, 4.69) is 181 Å². The van der Waals surface area contributed by atoms with Crippen LogP contribution in [-0.2, 0) is 12.8 Å². The van der Waals surface area contributed by atoms with E-state index in [0.29, 0.717) is 0 Å². The number of furan rings is 1. The van der Waals surface area contributed by atoms with E-state index >= 15 is 0 Å². The Kier molecular flexibility index (Phi) is 7.58. The second kappa shape index (κ2) is 13.1. The number of hydrogen-bond acceptors (Lipinski definition) is 3. The zero-order chi connectivity index (χ0) is 36.3. The van der Waals surface area contributed by atoms with E-state index in [1.54, 1.807) is 0 Å². The molecule has 1 aromatic heterocycles. The Morgan fingerprint density at radius 3 is 2.36 bits per heavy atom. The summed E-state index contributed by atoms with van der Waals surface area (Å²) >= 11 is 0. The summed E-state index contributed by atoms with van der Waals surface area (Å²) in [5.74, 6) is 1.15. The number of allylic oxidation sites excluding steroid dienone is 3. The third-order valence-electron chi connectivity index (χ3n) is 11.9. The standard InChI is InChI=1S/C52H39NO2/c1-3-15-34(16-4-1)31-44(35-17-5-2-6-18-35)42-24-13-25-43-51-46(26-14-28-50(51)55-52(42)43)53(37-29-30-49-45(33-37)41-23-11-12-27-48(41)54-49)47-32-36-19-7-8-20-38(36)39-21-9-10-22-40(39)47/h1-9,11-21,23-30,32-33,44,50-51H,10,22,31H2. The van der Waals surface area contributed by atoms with Gasteiger partial charge >= 0.3 is 0 Å². The summed E-state index contributed by atoms with van der Waals surface area (Å²) in [7, 11) is 0. The van der Waals surface area contributed by atoms with Crippen LogP contribution in [-0.4, -0.2) is 6.10 Å². The molecule has 7 aromatic carbocycles. The van der Waals surface area contributed by atoms with Gasteiger partial charge in [0.2, 0.25) is 0 Å². The Balaban J connectivity index is 1.11. The fraction of sp³-hybridized carbons (Fsp3) is 0.115. The number of nitrogens with zero attached hydrogens (tertiary/aromatic N) is 1. The number of benzene rings is 7. The second-order valence-corrected chi connectivity index (χ2v) is 15.0. The molecule has 0 saturated heterocycles. The second-order valence-electron chi connectivity index (χ2n) is 15.0. The van der Waals surface area contributed by atoms with Crippen LogP contribution in [0.4, 0.5) is 11.4 Å². The van der Waals surface area contributed by atoms with E-state index in [-0.39, 0.29) is 17.9 Å². The summed E-state index contributed by atoms with van der Waals surface area (Å²) in [5.41, 5.74) is 13.1. The summed E-state index contributed by atoms with van der Waals surface area (Å²) in [6, 6.07) is 54.9. The molecule has 3 aliphatic rings. The molecule has 2 aliphatic carbocycles. The van der Waals surface area contributed by atoms with Crippen LogP contribution in [0.1, 0.15) is 51.6 Å². The average molecular weight is 710 g/mol. The Hall–Kier alpha value is -6.58. The maximum atomic E-state index is 7.15. The molecular formula is C52H39NO2. The van der Waals surface area contributed by atoms with Gasteiger partial charge in [0.15, 0.2) is 0 Å². The van der Waals surface area contributed by atoms with E-state index in [9.17, 15) is 0 Å². The molecule has 0 bridgehead atoms. The van der Waals surface area contributed by atoms with Crippen LogP contribution in [0.2, 0.25) is 0 Å². The zero-order valence-corrected chi connectivity index (χ0v) is 30.4. The number of hydrogen-bond donors (Lipinski definition) is 0. The predicted molar refractivity (Wildman–Crippen MR) is 226 cm³/mol. The lowest BCUT2D eigenvalue weighted by atomic mass is 9.82. The first kappa shape index (κ1) is 31.9. The van der Waals surface area contributed by atoms with Crippen LogP contribution in [0.3, 0.4) is 0 Å². The molecule has 0 radical (unpaired) electrons. The maximum Gasteiger partial charge on any atom is 0.135 e. The highest BCUT2D eigenvalue weighted by molar-refractivity contribution is 6.07. The van der Waals surface area contributed by atoms with Crippen molar-refractivity contribution in [3.8, 4) is 5.75 Å². The SMILES string of the molecule is C1=CC2Oc3c(C(Cc4ccccc4)c4ccccc4)cccc3C2C(N(c2ccc3oc4ccccc4c3c2)c2cc3ccccc3c3c2CCC=C3)=C1. The van der Waals surface area contributed by atoms with E-state index in [1.165, 1.54) is 55.5 Å². The van der Waals surface area contributed by atoms with Gasteiger partial charge in [-0.2, -0.15) is 0 Å². The van der Waals surface area contributed by atoms with Gasteiger partial charge in [-0.1, -0.05) is 140 Å². The van der Waals surface area contributed by atoms with E-state index < -0.39 is 0 Å². The number of anilines is 2. The molecule has 1 aliphatic heterocycles. The number of rotatable bonds is 7. The molecule has 264 valence electrons. The molecule has 0 saturated carbocycles. The fourth-order valence-corrected chi connectivity index (χ4v) is 9.38. The first-order valence-corrected chi connectivity index (χ1v) is 19.5. The van der Waals surface area contributed by atoms with Gasteiger partial charge in [-0.3, -0.25) is 0 Å². The maximum absolute atomic E-state index is 7.15. The molecule has 0 N–H and O–H groups in total. The van der Waals surface area contributed by atoms with E-state index in [1.807, 2.05) is 6.07 Å². The molecule has 3 nitrogen and oxygen atoms in total. The fourth-order valence-electron chi connectivity index (χ4n) is 9.38. The summed E-state index contributed by atoms with van der Waals surface area (Å²) < 4.78 is 13.5. The van der Waals surface area contributed by atoms with E-state index in [4.69, 9.17) is 9.15 Å². The van der Waals surface area contributed by atoms with Gasteiger partial charge in [-0.25, -0.2) is 0 Å². The van der Waals surface area contributed by atoms with Crippen LogP contribution in [0.25, 0.3) is 38.8 Å². The highest BCUT2D eigenvalue weighted by Crippen LogP contribution is 2.53. The molecular weight excluding hydrogens is 671 g/mol.